The van der Waals surface area contributed by atoms with Gasteiger partial charge in [-0.2, -0.15) is 4.98 Å². The molecule has 17 heavy (non-hydrogen) atoms. The summed E-state index contributed by atoms with van der Waals surface area (Å²) < 4.78 is 14.1. The SMILES string of the molecule is Fc1cnc(Cl)nc1Nc1cc(Cl)ccc1Br. The molecule has 0 unspecified atom stereocenters. The Balaban J connectivity index is 2.37. The van der Waals surface area contributed by atoms with Crippen molar-refractivity contribution in [2.24, 2.45) is 0 Å². The van der Waals surface area contributed by atoms with Gasteiger partial charge in [-0.05, 0) is 45.7 Å². The molecule has 1 aromatic carbocycles. The van der Waals surface area contributed by atoms with E-state index in [1.807, 2.05) is 0 Å². The lowest BCUT2D eigenvalue weighted by Crippen LogP contribution is -1.99. The lowest BCUT2D eigenvalue weighted by molar-refractivity contribution is 0.619. The molecule has 3 nitrogen and oxygen atoms in total. The maximum atomic E-state index is 13.4. The Bertz CT molecular complexity index is 516. The van der Waals surface area contributed by atoms with Gasteiger partial charge in [-0.1, -0.05) is 11.6 Å². The van der Waals surface area contributed by atoms with E-state index in [9.17, 15) is 4.39 Å². The zero-order valence-electron chi connectivity index (χ0n) is 8.22. The number of hydrogen-bond acceptors (Lipinski definition) is 3. The molecule has 1 heterocycles. The van der Waals surface area contributed by atoms with Crippen molar-refractivity contribution in [1.29, 1.82) is 0 Å². The molecule has 0 fully saturated rings. The topological polar surface area (TPSA) is 37.8 Å². The van der Waals surface area contributed by atoms with Gasteiger partial charge in [0.25, 0.3) is 0 Å². The van der Waals surface area contributed by atoms with E-state index in [0.717, 1.165) is 10.7 Å². The van der Waals surface area contributed by atoms with E-state index >= 15 is 0 Å². The molecule has 0 amide bonds. The van der Waals surface area contributed by atoms with Crippen molar-refractivity contribution < 1.29 is 4.39 Å². The van der Waals surface area contributed by atoms with E-state index in [-0.39, 0.29) is 11.1 Å². The van der Waals surface area contributed by atoms with Crippen LogP contribution in [-0.2, 0) is 0 Å². The average Bonchev–Trinajstić information content (AvgIpc) is 2.28. The first-order valence-corrected chi connectivity index (χ1v) is 6.01. The molecule has 1 N–H and O–H groups in total. The molecule has 0 radical (unpaired) electrons. The van der Waals surface area contributed by atoms with Gasteiger partial charge >= 0.3 is 0 Å². The van der Waals surface area contributed by atoms with Crippen LogP contribution in [0.15, 0.2) is 28.9 Å². The summed E-state index contributed by atoms with van der Waals surface area (Å²) in [6.45, 7) is 0. The lowest BCUT2D eigenvalue weighted by atomic mass is 10.3. The molecule has 0 spiro atoms. The second-order valence-electron chi connectivity index (χ2n) is 3.08. The summed E-state index contributed by atoms with van der Waals surface area (Å²) in [6.07, 6.45) is 0.996. The number of benzene rings is 1. The number of halogens is 4. The van der Waals surface area contributed by atoms with Crippen molar-refractivity contribution in [1.82, 2.24) is 9.97 Å². The molecular formula is C10H5BrCl2FN3. The van der Waals surface area contributed by atoms with Gasteiger partial charge in [0.2, 0.25) is 5.28 Å². The summed E-state index contributed by atoms with van der Waals surface area (Å²) in [7, 11) is 0. The van der Waals surface area contributed by atoms with Crippen LogP contribution >= 0.6 is 39.1 Å². The van der Waals surface area contributed by atoms with Crippen LogP contribution < -0.4 is 5.32 Å². The second-order valence-corrected chi connectivity index (χ2v) is 4.71. The van der Waals surface area contributed by atoms with Gasteiger partial charge in [0, 0.05) is 9.50 Å². The van der Waals surface area contributed by atoms with Crippen molar-refractivity contribution in [3.05, 3.63) is 45.0 Å². The van der Waals surface area contributed by atoms with Gasteiger partial charge in [0.15, 0.2) is 11.6 Å². The Morgan fingerprint density at radius 3 is 2.82 bits per heavy atom. The number of rotatable bonds is 2. The van der Waals surface area contributed by atoms with Crippen molar-refractivity contribution in [3.63, 3.8) is 0 Å². The molecule has 2 rings (SSSR count). The number of anilines is 2. The van der Waals surface area contributed by atoms with Crippen molar-refractivity contribution in [2.75, 3.05) is 5.32 Å². The minimum absolute atomic E-state index is 0.00651. The van der Waals surface area contributed by atoms with Crippen LogP contribution in [0.1, 0.15) is 0 Å². The molecule has 88 valence electrons. The van der Waals surface area contributed by atoms with E-state index in [2.05, 4.69) is 31.2 Å². The van der Waals surface area contributed by atoms with Crippen LogP contribution in [0.4, 0.5) is 15.9 Å². The van der Waals surface area contributed by atoms with Crippen LogP contribution in [0, 0.1) is 5.82 Å². The molecule has 0 aliphatic rings. The molecule has 0 saturated carbocycles. The standard InChI is InChI=1S/C10H5BrCl2FN3/c11-6-2-1-5(12)3-8(6)16-9-7(14)4-15-10(13)17-9/h1-4H,(H,15,16,17). The van der Waals surface area contributed by atoms with E-state index in [1.54, 1.807) is 18.2 Å². The molecule has 0 saturated heterocycles. The first-order valence-electron chi connectivity index (χ1n) is 4.46. The monoisotopic (exact) mass is 335 g/mol. The van der Waals surface area contributed by atoms with E-state index < -0.39 is 5.82 Å². The zero-order chi connectivity index (χ0) is 12.4. The highest BCUT2D eigenvalue weighted by Crippen LogP contribution is 2.29. The number of nitrogens with zero attached hydrogens (tertiary/aromatic N) is 2. The van der Waals surface area contributed by atoms with Crippen LogP contribution in [0.25, 0.3) is 0 Å². The number of aromatic nitrogens is 2. The molecule has 1 aromatic heterocycles. The van der Waals surface area contributed by atoms with Gasteiger partial charge in [-0.3, -0.25) is 0 Å². The molecule has 0 atom stereocenters. The molecule has 2 aromatic rings. The Morgan fingerprint density at radius 2 is 2.06 bits per heavy atom. The first-order chi connectivity index (χ1) is 8.06. The van der Waals surface area contributed by atoms with Crippen LogP contribution in [0.2, 0.25) is 10.3 Å². The minimum Gasteiger partial charge on any atom is -0.337 e. The third-order valence-electron chi connectivity index (χ3n) is 1.90. The molecule has 0 bridgehead atoms. The predicted molar refractivity (Wildman–Crippen MR) is 69.4 cm³/mol. The molecule has 7 heteroatoms. The summed E-state index contributed by atoms with van der Waals surface area (Å²) in [5.41, 5.74) is 0.589. The van der Waals surface area contributed by atoms with E-state index in [1.165, 1.54) is 0 Å². The van der Waals surface area contributed by atoms with Crippen LogP contribution in [-0.4, -0.2) is 9.97 Å². The molecular weight excluding hydrogens is 332 g/mol. The third kappa shape index (κ3) is 3.06. The fraction of sp³-hybridized carbons (Fsp3) is 0. The van der Waals surface area contributed by atoms with Gasteiger partial charge in [0.1, 0.15) is 0 Å². The summed E-state index contributed by atoms with van der Waals surface area (Å²) in [5, 5.41) is 3.27. The summed E-state index contributed by atoms with van der Waals surface area (Å²) in [5.74, 6) is -0.603. The van der Waals surface area contributed by atoms with Gasteiger partial charge in [0.05, 0.1) is 11.9 Å². The van der Waals surface area contributed by atoms with Gasteiger partial charge in [-0.25, -0.2) is 9.37 Å². The van der Waals surface area contributed by atoms with Crippen LogP contribution in [0.5, 0.6) is 0 Å². The lowest BCUT2D eigenvalue weighted by Gasteiger charge is -2.08. The summed E-state index contributed by atoms with van der Waals surface area (Å²) >= 11 is 14.7. The zero-order valence-corrected chi connectivity index (χ0v) is 11.3. The quantitative estimate of drug-likeness (QED) is 0.824. The highest BCUT2D eigenvalue weighted by molar-refractivity contribution is 9.10. The average molecular weight is 337 g/mol. The normalized spacial score (nSPS) is 10.4. The predicted octanol–water partition coefficient (Wildman–Crippen LogP) is 4.43. The largest absolute Gasteiger partial charge is 0.337 e. The Morgan fingerprint density at radius 1 is 1.29 bits per heavy atom. The van der Waals surface area contributed by atoms with Crippen molar-refractivity contribution in [3.8, 4) is 0 Å². The Labute approximate surface area is 115 Å². The van der Waals surface area contributed by atoms with Crippen molar-refractivity contribution in [2.45, 2.75) is 0 Å². The fourth-order valence-corrected chi connectivity index (χ4v) is 1.81. The third-order valence-corrected chi connectivity index (χ3v) is 3.00. The maximum absolute atomic E-state index is 13.4. The first kappa shape index (κ1) is 12.5. The molecule has 0 aliphatic heterocycles. The highest BCUT2D eigenvalue weighted by Gasteiger charge is 2.08. The molecule has 0 aliphatic carbocycles. The second kappa shape index (κ2) is 5.16. The Hall–Kier alpha value is -0.910. The fourth-order valence-electron chi connectivity index (χ4n) is 1.15. The smallest absolute Gasteiger partial charge is 0.224 e. The summed E-state index contributed by atoms with van der Waals surface area (Å²) in [6, 6.07) is 5.09. The number of hydrogen-bond donors (Lipinski definition) is 1. The highest BCUT2D eigenvalue weighted by atomic mass is 79.9. The van der Waals surface area contributed by atoms with E-state index in [0.29, 0.717) is 10.7 Å². The van der Waals surface area contributed by atoms with E-state index in [4.69, 9.17) is 23.2 Å². The number of nitrogens with one attached hydrogen (secondary N) is 1. The van der Waals surface area contributed by atoms with Crippen LogP contribution in [0.3, 0.4) is 0 Å². The maximum Gasteiger partial charge on any atom is 0.224 e. The minimum atomic E-state index is -0.596. The van der Waals surface area contributed by atoms with Crippen molar-refractivity contribution >= 4 is 50.6 Å². The van der Waals surface area contributed by atoms with Gasteiger partial charge in [-0.15, -0.1) is 0 Å². The summed E-state index contributed by atoms with van der Waals surface area (Å²) in [4.78, 5) is 7.27. The Kier molecular flexibility index (Phi) is 3.81. The van der Waals surface area contributed by atoms with Gasteiger partial charge < -0.3 is 5.32 Å².